The van der Waals surface area contributed by atoms with Gasteiger partial charge in [-0.05, 0) is 6.42 Å². The Balaban J connectivity index is 1.58. The van der Waals surface area contributed by atoms with Crippen molar-refractivity contribution in [3.05, 3.63) is 17.5 Å². The van der Waals surface area contributed by atoms with E-state index in [0.29, 0.717) is 25.2 Å². The summed E-state index contributed by atoms with van der Waals surface area (Å²) in [7, 11) is 1.58. The number of rotatable bonds is 4. The van der Waals surface area contributed by atoms with Gasteiger partial charge < -0.3 is 15.1 Å². The van der Waals surface area contributed by atoms with Crippen LogP contribution in [0.3, 0.4) is 0 Å². The Bertz CT molecular complexity index is 635. The quantitative estimate of drug-likeness (QED) is 0.773. The second kappa shape index (κ2) is 6.02. The second-order valence-electron chi connectivity index (χ2n) is 6.04. The first-order valence-corrected chi connectivity index (χ1v) is 7.87. The molecule has 124 valence electrons. The Morgan fingerprint density at radius 2 is 2.13 bits per heavy atom. The van der Waals surface area contributed by atoms with Crippen LogP contribution in [0, 0.1) is 5.92 Å². The van der Waals surface area contributed by atoms with Gasteiger partial charge in [0.25, 0.3) is 5.91 Å². The average Bonchev–Trinajstić information content (AvgIpc) is 3.11. The van der Waals surface area contributed by atoms with Crippen LogP contribution in [0.25, 0.3) is 0 Å². The normalized spacial score (nSPS) is 21.5. The highest BCUT2D eigenvalue weighted by molar-refractivity contribution is 5.96. The highest BCUT2D eigenvalue weighted by Crippen LogP contribution is 2.26. The van der Waals surface area contributed by atoms with E-state index in [4.69, 9.17) is 0 Å². The lowest BCUT2D eigenvalue weighted by Crippen LogP contribution is -2.61. The van der Waals surface area contributed by atoms with E-state index < -0.39 is 0 Å². The molecule has 0 radical (unpaired) electrons. The van der Waals surface area contributed by atoms with Crippen LogP contribution in [0.2, 0.25) is 0 Å². The number of hydrogen-bond acceptors (Lipinski definition) is 4. The lowest BCUT2D eigenvalue weighted by molar-refractivity contribution is -0.132. The number of aryl methyl sites for hydroxylation is 1. The third-order valence-corrected chi connectivity index (χ3v) is 4.67. The monoisotopic (exact) mass is 319 g/mol. The topological polar surface area (TPSA) is 98.4 Å². The molecule has 0 aliphatic carbocycles. The molecule has 23 heavy (non-hydrogen) atoms. The molecular weight excluding hydrogens is 298 g/mol. The maximum absolute atomic E-state index is 12.4. The minimum Gasteiger partial charge on any atom is -0.359 e. The molecule has 1 aromatic heterocycles. The van der Waals surface area contributed by atoms with Gasteiger partial charge in [0.15, 0.2) is 0 Å². The second-order valence-corrected chi connectivity index (χ2v) is 6.04. The number of hydrogen-bond donors (Lipinski definition) is 2. The molecule has 0 saturated carbocycles. The van der Waals surface area contributed by atoms with Crippen LogP contribution in [0.1, 0.15) is 29.4 Å². The molecule has 1 atom stereocenters. The van der Waals surface area contributed by atoms with Crippen molar-refractivity contribution < 1.29 is 14.4 Å². The standard InChI is InChI=1S/C15H21N5O3/c1-3-12-11(5-17-18-12)15(23)19-7-10(8-19)20-6-9(4-13(20)21)14(22)16-2/h5,9-10H,3-4,6-8H2,1-2H3,(H,16,22)(H,17,18). The zero-order valence-electron chi connectivity index (χ0n) is 13.3. The SMILES string of the molecule is CCc1[nH]ncc1C(=O)N1CC(N2CC(C(=O)NC)CC2=O)C1. The van der Waals surface area contributed by atoms with E-state index >= 15 is 0 Å². The van der Waals surface area contributed by atoms with Gasteiger partial charge in [-0.15, -0.1) is 0 Å². The minimum absolute atomic E-state index is 0.00624. The molecule has 2 fully saturated rings. The summed E-state index contributed by atoms with van der Waals surface area (Å²) >= 11 is 0. The van der Waals surface area contributed by atoms with E-state index in [-0.39, 0.29) is 36.1 Å². The summed E-state index contributed by atoms with van der Waals surface area (Å²) in [6.07, 6.45) is 2.53. The summed E-state index contributed by atoms with van der Waals surface area (Å²) < 4.78 is 0. The Labute approximate surface area is 134 Å². The summed E-state index contributed by atoms with van der Waals surface area (Å²) in [5, 5.41) is 9.34. The van der Waals surface area contributed by atoms with E-state index in [1.165, 1.54) is 0 Å². The third-order valence-electron chi connectivity index (χ3n) is 4.67. The van der Waals surface area contributed by atoms with Crippen molar-refractivity contribution in [1.29, 1.82) is 0 Å². The van der Waals surface area contributed by atoms with Crippen LogP contribution >= 0.6 is 0 Å². The molecule has 0 aromatic carbocycles. The Morgan fingerprint density at radius 3 is 2.78 bits per heavy atom. The summed E-state index contributed by atoms with van der Waals surface area (Å²) in [5.74, 6) is -0.438. The van der Waals surface area contributed by atoms with Crippen LogP contribution in [-0.2, 0) is 16.0 Å². The first-order valence-electron chi connectivity index (χ1n) is 7.87. The van der Waals surface area contributed by atoms with Gasteiger partial charge >= 0.3 is 0 Å². The van der Waals surface area contributed by atoms with Gasteiger partial charge in [0.1, 0.15) is 0 Å². The fourth-order valence-electron chi connectivity index (χ4n) is 3.22. The van der Waals surface area contributed by atoms with Crippen LogP contribution in [0.15, 0.2) is 6.20 Å². The largest absolute Gasteiger partial charge is 0.359 e. The number of likely N-dealkylation sites (tertiary alicyclic amines) is 2. The molecule has 0 spiro atoms. The number of aromatic nitrogens is 2. The molecule has 2 saturated heterocycles. The number of carbonyl (C=O) groups excluding carboxylic acids is 3. The van der Waals surface area contributed by atoms with E-state index in [0.717, 1.165) is 12.1 Å². The fraction of sp³-hybridized carbons (Fsp3) is 0.600. The highest BCUT2D eigenvalue weighted by atomic mass is 16.2. The highest BCUT2D eigenvalue weighted by Gasteiger charge is 2.43. The van der Waals surface area contributed by atoms with Crippen molar-refractivity contribution >= 4 is 17.7 Å². The average molecular weight is 319 g/mol. The van der Waals surface area contributed by atoms with Gasteiger partial charge in [-0.3, -0.25) is 19.5 Å². The molecule has 2 aliphatic rings. The summed E-state index contributed by atoms with van der Waals surface area (Å²) in [6, 6.07) is 0.0121. The number of H-pyrrole nitrogens is 1. The molecule has 3 amide bonds. The molecule has 1 aromatic rings. The van der Waals surface area contributed by atoms with E-state index in [9.17, 15) is 14.4 Å². The summed E-state index contributed by atoms with van der Waals surface area (Å²) in [5.41, 5.74) is 1.43. The zero-order valence-corrected chi connectivity index (χ0v) is 13.3. The predicted octanol–water partition coefficient (Wildman–Crippen LogP) is -0.609. The number of carbonyl (C=O) groups is 3. The maximum Gasteiger partial charge on any atom is 0.257 e. The number of nitrogens with one attached hydrogen (secondary N) is 2. The molecule has 2 N–H and O–H groups in total. The van der Waals surface area contributed by atoms with Crippen molar-refractivity contribution in [2.24, 2.45) is 5.92 Å². The van der Waals surface area contributed by atoms with Crippen molar-refractivity contribution in [2.45, 2.75) is 25.8 Å². The molecule has 0 bridgehead atoms. The van der Waals surface area contributed by atoms with Crippen LogP contribution in [-0.4, -0.2) is 70.4 Å². The van der Waals surface area contributed by atoms with Crippen molar-refractivity contribution in [1.82, 2.24) is 25.3 Å². The van der Waals surface area contributed by atoms with E-state index in [1.807, 2.05) is 6.92 Å². The molecular formula is C15H21N5O3. The number of nitrogens with zero attached hydrogens (tertiary/aromatic N) is 3. The molecule has 3 rings (SSSR count). The van der Waals surface area contributed by atoms with Gasteiger partial charge in [-0.25, -0.2) is 0 Å². The Morgan fingerprint density at radius 1 is 1.39 bits per heavy atom. The van der Waals surface area contributed by atoms with Crippen molar-refractivity contribution in [3.8, 4) is 0 Å². The Hall–Kier alpha value is -2.38. The lowest BCUT2D eigenvalue weighted by Gasteiger charge is -2.44. The molecule has 8 nitrogen and oxygen atoms in total. The molecule has 8 heteroatoms. The van der Waals surface area contributed by atoms with E-state index in [2.05, 4.69) is 15.5 Å². The van der Waals surface area contributed by atoms with Gasteiger partial charge in [0.2, 0.25) is 11.8 Å². The third kappa shape index (κ3) is 2.69. The number of aromatic amines is 1. The first kappa shape index (κ1) is 15.5. The smallest absolute Gasteiger partial charge is 0.257 e. The van der Waals surface area contributed by atoms with Crippen LogP contribution in [0.5, 0.6) is 0 Å². The lowest BCUT2D eigenvalue weighted by atomic mass is 10.0. The predicted molar refractivity (Wildman–Crippen MR) is 81.5 cm³/mol. The number of amides is 3. The van der Waals surface area contributed by atoms with Crippen molar-refractivity contribution in [2.75, 3.05) is 26.7 Å². The minimum atomic E-state index is -0.280. The van der Waals surface area contributed by atoms with Gasteiger partial charge in [-0.2, -0.15) is 5.10 Å². The molecule has 1 unspecified atom stereocenters. The first-order chi connectivity index (χ1) is 11.0. The fourth-order valence-corrected chi connectivity index (χ4v) is 3.22. The van der Waals surface area contributed by atoms with Crippen molar-refractivity contribution in [3.63, 3.8) is 0 Å². The van der Waals surface area contributed by atoms with Crippen LogP contribution in [0.4, 0.5) is 0 Å². The summed E-state index contributed by atoms with van der Waals surface area (Å²) in [4.78, 5) is 39.6. The summed E-state index contributed by atoms with van der Waals surface area (Å²) in [6.45, 7) is 3.43. The van der Waals surface area contributed by atoms with E-state index in [1.54, 1.807) is 23.0 Å². The van der Waals surface area contributed by atoms with Gasteiger partial charge in [-0.1, -0.05) is 6.92 Å². The zero-order chi connectivity index (χ0) is 16.6. The maximum atomic E-state index is 12.4. The van der Waals surface area contributed by atoms with Gasteiger partial charge in [0.05, 0.1) is 23.7 Å². The molecule has 3 heterocycles. The Kier molecular flexibility index (Phi) is 4.06. The van der Waals surface area contributed by atoms with Gasteiger partial charge in [0, 0.05) is 38.8 Å². The molecule has 2 aliphatic heterocycles. The van der Waals surface area contributed by atoms with Crippen LogP contribution < -0.4 is 5.32 Å².